The van der Waals surface area contributed by atoms with Gasteiger partial charge in [-0.2, -0.15) is 0 Å². The number of amides is 1. The molecule has 1 amide bonds. The number of hydrogen-bond donors (Lipinski definition) is 2. The molecule has 6 heteroatoms. The van der Waals surface area contributed by atoms with Crippen molar-refractivity contribution in [3.63, 3.8) is 0 Å². The number of ether oxygens (including phenoxy) is 2. The second-order valence-electron chi connectivity index (χ2n) is 7.72. The van der Waals surface area contributed by atoms with Crippen LogP contribution < -0.4 is 10.1 Å². The molecule has 0 heterocycles. The molecular formula is C27H25NO5. The third-order valence-corrected chi connectivity index (χ3v) is 5.71. The summed E-state index contributed by atoms with van der Waals surface area (Å²) in [6, 6.07) is 19.6. The highest BCUT2D eigenvalue weighted by Gasteiger charge is 2.28. The minimum Gasteiger partial charge on any atom is -0.504 e. The predicted octanol–water partition coefficient (Wildman–Crippen LogP) is 5.16. The average molecular weight is 443 g/mol. The molecule has 0 aliphatic heterocycles. The van der Waals surface area contributed by atoms with Crippen LogP contribution in [0.4, 0.5) is 4.79 Å². The first-order valence-electron chi connectivity index (χ1n) is 10.7. The summed E-state index contributed by atoms with van der Waals surface area (Å²) in [5.41, 5.74) is 5.60. The monoisotopic (exact) mass is 443 g/mol. The lowest BCUT2D eigenvalue weighted by Gasteiger charge is -2.14. The molecule has 33 heavy (non-hydrogen) atoms. The van der Waals surface area contributed by atoms with E-state index < -0.39 is 6.09 Å². The normalized spacial score (nSPS) is 12.3. The molecule has 168 valence electrons. The van der Waals surface area contributed by atoms with E-state index in [-0.39, 0.29) is 29.6 Å². The number of aromatic hydroxyl groups is 1. The summed E-state index contributed by atoms with van der Waals surface area (Å²) < 4.78 is 10.6. The lowest BCUT2D eigenvalue weighted by molar-refractivity contribution is 0.112. The van der Waals surface area contributed by atoms with Gasteiger partial charge in [0.15, 0.2) is 17.8 Å². The number of rotatable bonds is 8. The highest BCUT2D eigenvalue weighted by Crippen LogP contribution is 2.44. The van der Waals surface area contributed by atoms with Crippen molar-refractivity contribution in [2.24, 2.45) is 0 Å². The molecule has 3 aromatic rings. The molecular weight excluding hydrogens is 418 g/mol. The Balaban J connectivity index is 1.29. The van der Waals surface area contributed by atoms with Crippen LogP contribution in [-0.4, -0.2) is 37.7 Å². The van der Waals surface area contributed by atoms with E-state index in [1.54, 1.807) is 18.2 Å². The Hall–Kier alpha value is -4.06. The van der Waals surface area contributed by atoms with Gasteiger partial charge in [0.05, 0.1) is 12.7 Å². The summed E-state index contributed by atoms with van der Waals surface area (Å²) in [7, 11) is 1.43. The Morgan fingerprint density at radius 3 is 2.36 bits per heavy atom. The van der Waals surface area contributed by atoms with E-state index in [2.05, 4.69) is 29.6 Å². The van der Waals surface area contributed by atoms with E-state index in [9.17, 15) is 14.7 Å². The molecule has 0 saturated heterocycles. The molecule has 0 atom stereocenters. The van der Waals surface area contributed by atoms with Gasteiger partial charge in [-0.25, -0.2) is 4.79 Å². The number of nitrogens with one attached hydrogen (secondary N) is 1. The van der Waals surface area contributed by atoms with E-state index in [1.807, 2.05) is 30.3 Å². The molecule has 0 bridgehead atoms. The molecule has 6 nitrogen and oxygen atoms in total. The van der Waals surface area contributed by atoms with Crippen molar-refractivity contribution in [1.82, 2.24) is 5.32 Å². The quantitative estimate of drug-likeness (QED) is 0.371. The van der Waals surface area contributed by atoms with Gasteiger partial charge in [0, 0.05) is 12.5 Å². The van der Waals surface area contributed by atoms with Gasteiger partial charge in [-0.1, -0.05) is 60.7 Å². The fourth-order valence-corrected chi connectivity index (χ4v) is 4.12. The van der Waals surface area contributed by atoms with Crippen LogP contribution in [0.2, 0.25) is 0 Å². The zero-order chi connectivity index (χ0) is 23.2. The molecule has 0 radical (unpaired) electrons. The lowest BCUT2D eigenvalue weighted by Crippen LogP contribution is -2.26. The van der Waals surface area contributed by atoms with Crippen molar-refractivity contribution in [2.75, 3.05) is 20.3 Å². The van der Waals surface area contributed by atoms with Crippen molar-refractivity contribution in [1.29, 1.82) is 0 Å². The van der Waals surface area contributed by atoms with Gasteiger partial charge in [-0.15, -0.1) is 0 Å². The van der Waals surface area contributed by atoms with Crippen LogP contribution in [0.15, 0.2) is 66.7 Å². The highest BCUT2D eigenvalue weighted by atomic mass is 16.5. The Morgan fingerprint density at radius 1 is 1.06 bits per heavy atom. The fourth-order valence-electron chi connectivity index (χ4n) is 4.12. The number of alkyl carbamates (subject to hydrolysis) is 1. The van der Waals surface area contributed by atoms with E-state index in [4.69, 9.17) is 9.47 Å². The molecule has 3 aromatic carbocycles. The maximum atomic E-state index is 12.2. The van der Waals surface area contributed by atoms with Crippen molar-refractivity contribution in [2.45, 2.75) is 12.3 Å². The van der Waals surface area contributed by atoms with Crippen LogP contribution in [0.5, 0.6) is 11.5 Å². The number of phenols is 1. The van der Waals surface area contributed by atoms with Crippen LogP contribution in [0, 0.1) is 0 Å². The number of benzene rings is 3. The third kappa shape index (κ3) is 4.75. The summed E-state index contributed by atoms with van der Waals surface area (Å²) in [5.74, 6) is 0.0807. The van der Waals surface area contributed by atoms with Crippen molar-refractivity contribution >= 4 is 18.5 Å². The Kier molecular flexibility index (Phi) is 6.74. The minimum absolute atomic E-state index is 0.0273. The largest absolute Gasteiger partial charge is 0.504 e. The van der Waals surface area contributed by atoms with Crippen LogP contribution in [0.3, 0.4) is 0 Å². The highest BCUT2D eigenvalue weighted by molar-refractivity contribution is 5.83. The van der Waals surface area contributed by atoms with Gasteiger partial charge >= 0.3 is 6.09 Å². The predicted molar refractivity (Wildman–Crippen MR) is 127 cm³/mol. The van der Waals surface area contributed by atoms with Crippen LogP contribution in [0.25, 0.3) is 17.2 Å². The Morgan fingerprint density at radius 2 is 1.73 bits per heavy atom. The lowest BCUT2D eigenvalue weighted by atomic mass is 9.98. The number of carbonyl (C=O) groups is 2. The van der Waals surface area contributed by atoms with E-state index >= 15 is 0 Å². The van der Waals surface area contributed by atoms with Gasteiger partial charge in [-0.3, -0.25) is 4.79 Å². The number of phenolic OH excluding ortho intramolecular Hbond substituents is 1. The van der Waals surface area contributed by atoms with Gasteiger partial charge in [0.25, 0.3) is 0 Å². The number of fused-ring (bicyclic) bond motifs is 3. The summed E-state index contributed by atoms with van der Waals surface area (Å²) in [6.07, 6.45) is 4.36. The molecule has 4 rings (SSSR count). The Bertz CT molecular complexity index is 1160. The zero-order valence-electron chi connectivity index (χ0n) is 18.3. The SMILES string of the molecule is COc1cc(C=CCCNC(=O)OCC2c3ccccc3-c3ccccc32)cc(C=O)c1O. The molecule has 0 spiro atoms. The van der Waals surface area contributed by atoms with E-state index in [1.165, 1.54) is 29.4 Å². The number of methoxy groups -OCH3 is 1. The standard InChI is InChI=1S/C27H25NO5/c1-32-25-15-18(14-19(16-29)26(25)30)8-6-7-13-28-27(31)33-17-24-22-11-4-2-9-20(22)21-10-3-5-12-23(21)24/h2-6,8-12,14-16,24,30H,7,13,17H2,1H3,(H,28,31). The molecule has 1 aliphatic rings. The first-order chi connectivity index (χ1) is 16.1. The molecule has 0 aromatic heterocycles. The van der Waals surface area contributed by atoms with Crippen molar-refractivity contribution in [3.8, 4) is 22.6 Å². The van der Waals surface area contributed by atoms with Gasteiger partial charge in [0.2, 0.25) is 0 Å². The number of hydrogen-bond acceptors (Lipinski definition) is 5. The first kappa shape index (κ1) is 22.1. The van der Waals surface area contributed by atoms with Crippen molar-refractivity contribution < 1.29 is 24.2 Å². The van der Waals surface area contributed by atoms with Gasteiger partial charge in [0.1, 0.15) is 6.61 Å². The van der Waals surface area contributed by atoms with Crippen molar-refractivity contribution in [3.05, 3.63) is 89.0 Å². The molecule has 0 fully saturated rings. The summed E-state index contributed by atoms with van der Waals surface area (Å²) in [5, 5.41) is 12.6. The van der Waals surface area contributed by atoms with Gasteiger partial charge < -0.3 is 19.9 Å². The zero-order valence-corrected chi connectivity index (χ0v) is 18.3. The number of carbonyl (C=O) groups excluding carboxylic acids is 2. The maximum Gasteiger partial charge on any atom is 0.407 e. The second-order valence-corrected chi connectivity index (χ2v) is 7.72. The van der Waals surface area contributed by atoms with Gasteiger partial charge in [-0.05, 0) is 46.4 Å². The summed E-state index contributed by atoms with van der Waals surface area (Å²) in [6.45, 7) is 0.681. The first-order valence-corrected chi connectivity index (χ1v) is 10.7. The molecule has 2 N–H and O–H groups in total. The second kappa shape index (κ2) is 10.0. The summed E-state index contributed by atoms with van der Waals surface area (Å²) in [4.78, 5) is 23.3. The van der Waals surface area contributed by atoms with E-state index in [0.717, 1.165) is 0 Å². The van der Waals surface area contributed by atoms with Crippen LogP contribution in [0.1, 0.15) is 39.4 Å². The average Bonchev–Trinajstić information content (AvgIpc) is 3.17. The van der Waals surface area contributed by atoms with Crippen LogP contribution >= 0.6 is 0 Å². The number of aldehydes is 1. The maximum absolute atomic E-state index is 12.2. The Labute approximate surface area is 192 Å². The van der Waals surface area contributed by atoms with Crippen LogP contribution in [-0.2, 0) is 4.74 Å². The fraction of sp³-hybridized carbons (Fsp3) is 0.185. The summed E-state index contributed by atoms with van der Waals surface area (Å²) >= 11 is 0. The topological polar surface area (TPSA) is 84.9 Å². The molecule has 1 aliphatic carbocycles. The molecule has 0 unspecified atom stereocenters. The minimum atomic E-state index is -0.459. The smallest absolute Gasteiger partial charge is 0.407 e. The van der Waals surface area contributed by atoms with E-state index in [0.29, 0.717) is 24.8 Å². The third-order valence-electron chi connectivity index (χ3n) is 5.71. The molecule has 0 saturated carbocycles.